The molecule has 0 saturated heterocycles. The summed E-state index contributed by atoms with van der Waals surface area (Å²) < 4.78 is 5.49. The quantitative estimate of drug-likeness (QED) is 0.587. The van der Waals surface area contributed by atoms with E-state index in [9.17, 15) is 14.9 Å². The number of aromatic nitrogens is 2. The first-order valence-corrected chi connectivity index (χ1v) is 6.74. The van der Waals surface area contributed by atoms with Crippen molar-refractivity contribution in [3.63, 3.8) is 0 Å². The summed E-state index contributed by atoms with van der Waals surface area (Å²) in [5.74, 6) is 0.622. The SMILES string of the molecule is Cc1oc2ncnc(NC(=O)c3ccc([N+](=O)[O-])cc3)c2c1C. The molecule has 0 saturated carbocycles. The number of carbonyl (C=O) groups is 1. The van der Waals surface area contributed by atoms with Crippen LogP contribution in [0.4, 0.5) is 11.5 Å². The first-order valence-electron chi connectivity index (χ1n) is 6.74. The molecule has 0 radical (unpaired) electrons. The summed E-state index contributed by atoms with van der Waals surface area (Å²) in [5.41, 5.74) is 1.46. The molecule has 8 heteroatoms. The largest absolute Gasteiger partial charge is 0.443 e. The summed E-state index contributed by atoms with van der Waals surface area (Å²) in [6, 6.07) is 5.33. The number of aryl methyl sites for hydroxylation is 2. The number of hydrogen-bond acceptors (Lipinski definition) is 6. The molecule has 2 aromatic heterocycles. The summed E-state index contributed by atoms with van der Waals surface area (Å²) in [6.45, 7) is 3.66. The molecule has 0 bridgehead atoms. The van der Waals surface area contributed by atoms with Crippen molar-refractivity contribution in [2.24, 2.45) is 0 Å². The van der Waals surface area contributed by atoms with E-state index in [4.69, 9.17) is 4.42 Å². The molecule has 0 unspecified atom stereocenters. The van der Waals surface area contributed by atoms with Gasteiger partial charge in [-0.2, -0.15) is 0 Å². The second kappa shape index (κ2) is 5.48. The van der Waals surface area contributed by atoms with Crippen LogP contribution in [0.1, 0.15) is 21.7 Å². The van der Waals surface area contributed by atoms with Crippen LogP contribution in [0.5, 0.6) is 0 Å². The Hall–Kier alpha value is -3.29. The van der Waals surface area contributed by atoms with Gasteiger partial charge in [-0.3, -0.25) is 14.9 Å². The van der Waals surface area contributed by atoms with E-state index in [2.05, 4.69) is 15.3 Å². The van der Waals surface area contributed by atoms with E-state index in [-0.39, 0.29) is 5.69 Å². The van der Waals surface area contributed by atoms with E-state index in [1.165, 1.54) is 30.6 Å². The van der Waals surface area contributed by atoms with Gasteiger partial charge in [0.2, 0.25) is 5.71 Å². The second-order valence-electron chi connectivity index (χ2n) is 4.94. The summed E-state index contributed by atoms with van der Waals surface area (Å²) in [7, 11) is 0. The number of carbonyl (C=O) groups excluding carboxylic acids is 1. The number of fused-ring (bicyclic) bond motifs is 1. The fourth-order valence-electron chi connectivity index (χ4n) is 2.19. The highest BCUT2D eigenvalue weighted by Crippen LogP contribution is 2.28. The standard InChI is InChI=1S/C15H12N4O4/c1-8-9(2)23-15-12(8)13(16-7-17-15)18-14(20)10-3-5-11(6-4-10)19(21)22/h3-7H,1-2H3,(H,16,17,18,20). The number of benzene rings is 1. The predicted molar refractivity (Wildman–Crippen MR) is 82.3 cm³/mol. The molecule has 1 amide bonds. The van der Waals surface area contributed by atoms with Crippen LogP contribution < -0.4 is 5.32 Å². The molecule has 3 aromatic rings. The minimum Gasteiger partial charge on any atom is -0.443 e. The van der Waals surface area contributed by atoms with Crippen molar-refractivity contribution in [2.75, 3.05) is 5.32 Å². The molecule has 0 atom stereocenters. The van der Waals surface area contributed by atoms with Gasteiger partial charge in [0.05, 0.1) is 10.3 Å². The summed E-state index contributed by atoms with van der Waals surface area (Å²) in [4.78, 5) is 30.5. The van der Waals surface area contributed by atoms with Crippen LogP contribution in [0.2, 0.25) is 0 Å². The van der Waals surface area contributed by atoms with Crippen molar-refractivity contribution in [1.29, 1.82) is 0 Å². The monoisotopic (exact) mass is 312 g/mol. The van der Waals surface area contributed by atoms with Crippen LogP contribution >= 0.6 is 0 Å². The Morgan fingerprint density at radius 3 is 2.57 bits per heavy atom. The summed E-state index contributed by atoms with van der Waals surface area (Å²) in [5, 5.41) is 14.0. The predicted octanol–water partition coefficient (Wildman–Crippen LogP) is 3.00. The molecule has 0 aliphatic heterocycles. The molecule has 1 aromatic carbocycles. The number of furan rings is 1. The molecule has 0 fully saturated rings. The van der Waals surface area contributed by atoms with Crippen molar-refractivity contribution >= 4 is 28.5 Å². The first-order chi connectivity index (χ1) is 11.0. The van der Waals surface area contributed by atoms with E-state index in [0.717, 1.165) is 5.56 Å². The summed E-state index contributed by atoms with van der Waals surface area (Å²) >= 11 is 0. The second-order valence-corrected chi connectivity index (χ2v) is 4.94. The van der Waals surface area contributed by atoms with Crippen LogP contribution in [-0.4, -0.2) is 20.8 Å². The smallest absolute Gasteiger partial charge is 0.269 e. The molecule has 0 aliphatic rings. The number of anilines is 1. The van der Waals surface area contributed by atoms with Gasteiger partial charge in [-0.1, -0.05) is 0 Å². The molecular weight excluding hydrogens is 300 g/mol. The molecule has 3 rings (SSSR count). The zero-order valence-corrected chi connectivity index (χ0v) is 12.4. The minimum atomic E-state index is -0.521. The first kappa shape index (κ1) is 14.6. The van der Waals surface area contributed by atoms with Crippen LogP contribution in [0.15, 0.2) is 35.0 Å². The number of non-ortho nitro benzene ring substituents is 1. The Labute approximate surface area is 130 Å². The Bertz CT molecular complexity index is 915. The third kappa shape index (κ3) is 2.61. The van der Waals surface area contributed by atoms with E-state index in [1.54, 1.807) is 6.92 Å². The number of nitrogens with one attached hydrogen (secondary N) is 1. The third-order valence-electron chi connectivity index (χ3n) is 3.54. The summed E-state index contributed by atoms with van der Waals surface area (Å²) in [6.07, 6.45) is 1.30. The number of nitro benzene ring substituents is 1. The average molecular weight is 312 g/mol. The minimum absolute atomic E-state index is 0.0766. The highest BCUT2D eigenvalue weighted by molar-refractivity contribution is 6.07. The van der Waals surface area contributed by atoms with Crippen LogP contribution in [0, 0.1) is 24.0 Å². The lowest BCUT2D eigenvalue weighted by Gasteiger charge is -2.05. The molecule has 1 N–H and O–H groups in total. The maximum absolute atomic E-state index is 12.3. The third-order valence-corrected chi connectivity index (χ3v) is 3.54. The number of rotatable bonds is 3. The zero-order valence-electron chi connectivity index (χ0n) is 12.4. The van der Waals surface area contributed by atoms with Gasteiger partial charge in [0.25, 0.3) is 11.6 Å². The lowest BCUT2D eigenvalue weighted by molar-refractivity contribution is -0.384. The van der Waals surface area contributed by atoms with Gasteiger partial charge in [0.1, 0.15) is 17.9 Å². The lowest BCUT2D eigenvalue weighted by atomic mass is 10.2. The van der Waals surface area contributed by atoms with E-state index in [1.807, 2.05) is 6.92 Å². The average Bonchev–Trinajstić information content (AvgIpc) is 2.83. The van der Waals surface area contributed by atoms with Gasteiger partial charge in [0.15, 0.2) is 0 Å². The molecule has 0 spiro atoms. The number of hydrogen-bond donors (Lipinski definition) is 1. The number of nitrogens with zero attached hydrogens (tertiary/aromatic N) is 3. The van der Waals surface area contributed by atoms with E-state index >= 15 is 0 Å². The molecule has 0 aliphatic carbocycles. The number of nitro groups is 1. The fourth-order valence-corrected chi connectivity index (χ4v) is 2.19. The normalized spacial score (nSPS) is 10.7. The molecule has 2 heterocycles. The molecule has 23 heavy (non-hydrogen) atoms. The van der Waals surface area contributed by atoms with Crippen molar-refractivity contribution in [1.82, 2.24) is 9.97 Å². The fraction of sp³-hybridized carbons (Fsp3) is 0.133. The van der Waals surface area contributed by atoms with Gasteiger partial charge < -0.3 is 9.73 Å². The highest BCUT2D eigenvalue weighted by atomic mass is 16.6. The maximum atomic E-state index is 12.3. The van der Waals surface area contributed by atoms with Crippen molar-refractivity contribution in [2.45, 2.75) is 13.8 Å². The van der Waals surface area contributed by atoms with Gasteiger partial charge in [-0.25, -0.2) is 9.97 Å². The van der Waals surface area contributed by atoms with E-state index in [0.29, 0.717) is 28.2 Å². The Balaban J connectivity index is 1.92. The molecular formula is C15H12N4O4. The van der Waals surface area contributed by atoms with Crippen molar-refractivity contribution < 1.29 is 14.1 Å². The molecule has 116 valence electrons. The van der Waals surface area contributed by atoms with Gasteiger partial charge >= 0.3 is 0 Å². The van der Waals surface area contributed by atoms with Crippen LogP contribution in [0.3, 0.4) is 0 Å². The Morgan fingerprint density at radius 1 is 1.22 bits per heavy atom. The van der Waals surface area contributed by atoms with Crippen molar-refractivity contribution in [3.8, 4) is 0 Å². The Kier molecular flexibility index (Phi) is 3.49. The molecule has 8 nitrogen and oxygen atoms in total. The van der Waals surface area contributed by atoms with Crippen LogP contribution in [-0.2, 0) is 0 Å². The van der Waals surface area contributed by atoms with Crippen molar-refractivity contribution in [3.05, 3.63) is 57.6 Å². The van der Waals surface area contributed by atoms with Gasteiger partial charge in [-0.15, -0.1) is 0 Å². The topological polar surface area (TPSA) is 111 Å². The maximum Gasteiger partial charge on any atom is 0.269 e. The number of amides is 1. The zero-order chi connectivity index (χ0) is 16.6. The highest BCUT2D eigenvalue weighted by Gasteiger charge is 2.16. The van der Waals surface area contributed by atoms with Gasteiger partial charge in [0, 0.05) is 23.3 Å². The Morgan fingerprint density at radius 2 is 1.91 bits per heavy atom. The van der Waals surface area contributed by atoms with Gasteiger partial charge in [-0.05, 0) is 26.0 Å². The lowest BCUT2D eigenvalue weighted by Crippen LogP contribution is -2.13. The van der Waals surface area contributed by atoms with Crippen LogP contribution in [0.25, 0.3) is 11.1 Å². The van der Waals surface area contributed by atoms with E-state index < -0.39 is 10.8 Å².